The van der Waals surface area contributed by atoms with Crippen LogP contribution in [0.15, 0.2) is 109 Å². The summed E-state index contributed by atoms with van der Waals surface area (Å²) < 4.78 is 83.2. The average molecular weight is 788 g/mol. The zero-order valence-electron chi connectivity index (χ0n) is 31.4. The molecule has 2 fully saturated rings. The molecule has 0 amide bonds. The van der Waals surface area contributed by atoms with Crippen LogP contribution in [0.4, 0.5) is 26.3 Å². The van der Waals surface area contributed by atoms with Crippen LogP contribution >= 0.6 is 0 Å². The first-order chi connectivity index (χ1) is 27.4. The van der Waals surface area contributed by atoms with E-state index in [1.165, 1.54) is 17.7 Å². The highest BCUT2D eigenvalue weighted by atomic mass is 19.4. The Labute approximate surface area is 327 Å². The Bertz CT molecular complexity index is 2230. The van der Waals surface area contributed by atoms with Crippen molar-refractivity contribution in [2.24, 2.45) is 0 Å². The molecule has 6 aromatic rings. The molecule has 2 aromatic heterocycles. The molecule has 2 saturated heterocycles. The molecule has 2 N–H and O–H groups in total. The van der Waals surface area contributed by atoms with Gasteiger partial charge >= 0.3 is 12.4 Å². The number of aromatic amines is 2. The van der Waals surface area contributed by atoms with E-state index in [0.29, 0.717) is 34.2 Å². The molecule has 298 valence electrons. The van der Waals surface area contributed by atoms with Gasteiger partial charge in [0.1, 0.15) is 11.6 Å². The zero-order chi connectivity index (χ0) is 40.0. The first kappa shape index (κ1) is 39.9. The van der Waals surface area contributed by atoms with E-state index in [-0.39, 0.29) is 0 Å². The van der Waals surface area contributed by atoms with Crippen molar-refractivity contribution in [2.75, 3.05) is 59.5 Å². The molecular formula is C43H43F6N7O. The average Bonchev–Trinajstić information content (AvgIpc) is 3.91. The lowest BCUT2D eigenvalue weighted by molar-refractivity contribution is -0.138. The topological polar surface area (TPSA) is 76.3 Å². The molecule has 14 heteroatoms. The number of alkyl halides is 6. The lowest BCUT2D eigenvalue weighted by Crippen LogP contribution is -2.43. The van der Waals surface area contributed by atoms with Crippen LogP contribution < -0.4 is 0 Å². The fourth-order valence-electron chi connectivity index (χ4n) is 6.87. The van der Waals surface area contributed by atoms with Crippen LogP contribution in [-0.2, 0) is 30.2 Å². The van der Waals surface area contributed by atoms with Crippen LogP contribution in [0.5, 0.6) is 0 Å². The van der Waals surface area contributed by atoms with Crippen molar-refractivity contribution in [2.45, 2.75) is 25.4 Å². The number of likely N-dealkylation sites (N-methyl/N-ethyl adjacent to an activating group) is 1. The van der Waals surface area contributed by atoms with Gasteiger partial charge in [0.2, 0.25) is 0 Å². The zero-order valence-corrected chi connectivity index (χ0v) is 31.4. The number of rotatable bonds is 8. The molecule has 4 aromatic carbocycles. The number of nitrogens with one attached hydrogen (secondary N) is 2. The molecule has 2 aliphatic rings. The predicted octanol–water partition coefficient (Wildman–Crippen LogP) is 9.10. The maximum atomic E-state index is 13.0. The summed E-state index contributed by atoms with van der Waals surface area (Å²) in [4.78, 5) is 22.2. The number of ether oxygens (including phenoxy) is 1. The van der Waals surface area contributed by atoms with E-state index in [2.05, 4.69) is 65.9 Å². The standard InChI is InChI=1S/C22H23F3N4.C21H20F3N3O/c1-28-8-10-29(11-9-28)15-16-4-2-6-18(12-16)21-26-14-20(27-21)17-5-3-7-19(13-17)22(23,24)25;22-21(23,24)18-6-2-4-16(12-18)19-13-25-20(26-19)17-5-1-3-15(11-17)14-27-7-9-28-10-8-27/h2-7,12-14H,8-11,15H2,1H3,(H,26,27);1-6,11-13H,7-10,14H2,(H,25,26). The number of morpholine rings is 1. The Kier molecular flexibility index (Phi) is 12.2. The second-order valence-electron chi connectivity index (χ2n) is 14.3. The summed E-state index contributed by atoms with van der Waals surface area (Å²) in [5, 5.41) is 0. The van der Waals surface area contributed by atoms with Gasteiger partial charge in [0.25, 0.3) is 0 Å². The van der Waals surface area contributed by atoms with E-state index in [9.17, 15) is 26.3 Å². The van der Waals surface area contributed by atoms with Gasteiger partial charge < -0.3 is 19.6 Å². The second-order valence-corrected chi connectivity index (χ2v) is 14.3. The number of H-pyrrole nitrogens is 2. The first-order valence-electron chi connectivity index (χ1n) is 18.7. The van der Waals surface area contributed by atoms with Crippen LogP contribution in [-0.4, -0.2) is 94.2 Å². The van der Waals surface area contributed by atoms with Crippen molar-refractivity contribution < 1.29 is 31.1 Å². The lowest BCUT2D eigenvalue weighted by atomic mass is 10.1. The maximum Gasteiger partial charge on any atom is 0.416 e. The number of nitrogens with zero attached hydrogens (tertiary/aromatic N) is 5. The van der Waals surface area contributed by atoms with Gasteiger partial charge in [-0.05, 0) is 54.6 Å². The third-order valence-corrected chi connectivity index (χ3v) is 10.1. The van der Waals surface area contributed by atoms with Gasteiger partial charge in [-0.25, -0.2) is 9.97 Å². The normalized spacial score (nSPS) is 16.0. The van der Waals surface area contributed by atoms with Crippen molar-refractivity contribution in [3.05, 3.63) is 132 Å². The largest absolute Gasteiger partial charge is 0.416 e. The molecular weight excluding hydrogens is 745 g/mol. The van der Waals surface area contributed by atoms with Gasteiger partial charge in [-0.1, -0.05) is 60.7 Å². The number of aromatic nitrogens is 4. The minimum atomic E-state index is -4.37. The van der Waals surface area contributed by atoms with Crippen LogP contribution in [0.3, 0.4) is 0 Å². The molecule has 0 aliphatic carbocycles. The SMILES string of the molecule is CN1CCN(Cc2cccc(-c3ncc(-c4cccc(C(F)(F)F)c4)[nH]3)c2)CC1.FC(F)(F)c1cccc(-c2cnc(-c3cccc(CN4CCOCC4)c3)[nH]2)c1. The highest BCUT2D eigenvalue weighted by Gasteiger charge is 2.31. The summed E-state index contributed by atoms with van der Waals surface area (Å²) in [5.74, 6) is 1.29. The number of benzene rings is 4. The predicted molar refractivity (Wildman–Crippen MR) is 208 cm³/mol. The fourth-order valence-corrected chi connectivity index (χ4v) is 6.87. The van der Waals surface area contributed by atoms with Crippen LogP contribution in [0, 0.1) is 0 Å². The summed E-state index contributed by atoms with van der Waals surface area (Å²) in [6, 6.07) is 26.7. The molecule has 8 rings (SSSR count). The van der Waals surface area contributed by atoms with E-state index in [4.69, 9.17) is 4.74 Å². The van der Waals surface area contributed by atoms with E-state index in [0.717, 1.165) is 107 Å². The van der Waals surface area contributed by atoms with Gasteiger partial charge in [0, 0.05) is 74.6 Å². The third kappa shape index (κ3) is 10.6. The number of hydrogen-bond acceptors (Lipinski definition) is 6. The Hall–Kier alpha value is -5.28. The molecule has 0 bridgehead atoms. The van der Waals surface area contributed by atoms with Crippen molar-refractivity contribution in [1.82, 2.24) is 34.6 Å². The highest BCUT2D eigenvalue weighted by Crippen LogP contribution is 2.34. The highest BCUT2D eigenvalue weighted by molar-refractivity contribution is 5.66. The minimum Gasteiger partial charge on any atom is -0.379 e. The Morgan fingerprint density at radius 3 is 1.42 bits per heavy atom. The maximum absolute atomic E-state index is 13.0. The molecule has 8 nitrogen and oxygen atoms in total. The van der Waals surface area contributed by atoms with Gasteiger partial charge in [-0.2, -0.15) is 26.3 Å². The molecule has 2 aliphatic heterocycles. The molecule has 0 unspecified atom stereocenters. The summed E-state index contributed by atoms with van der Waals surface area (Å²) in [6.45, 7) is 9.24. The van der Waals surface area contributed by atoms with E-state index in [1.807, 2.05) is 24.3 Å². The first-order valence-corrected chi connectivity index (χ1v) is 18.7. The van der Waals surface area contributed by atoms with E-state index < -0.39 is 23.5 Å². The van der Waals surface area contributed by atoms with Crippen LogP contribution in [0.25, 0.3) is 45.3 Å². The van der Waals surface area contributed by atoms with Crippen LogP contribution in [0.2, 0.25) is 0 Å². The summed E-state index contributed by atoms with van der Waals surface area (Å²) >= 11 is 0. The Morgan fingerprint density at radius 1 is 0.544 bits per heavy atom. The van der Waals surface area contributed by atoms with Gasteiger partial charge in [0.15, 0.2) is 0 Å². The van der Waals surface area contributed by atoms with Crippen LogP contribution in [0.1, 0.15) is 22.3 Å². The van der Waals surface area contributed by atoms with Gasteiger partial charge in [-0.15, -0.1) is 0 Å². The summed E-state index contributed by atoms with van der Waals surface area (Å²) in [6.07, 6.45) is -5.58. The minimum absolute atomic E-state index is 0.457. The molecule has 0 spiro atoms. The van der Waals surface area contributed by atoms with Crippen molar-refractivity contribution >= 4 is 0 Å². The smallest absolute Gasteiger partial charge is 0.379 e. The quantitative estimate of drug-likeness (QED) is 0.150. The summed E-state index contributed by atoms with van der Waals surface area (Å²) in [5.41, 5.74) is 4.90. The monoisotopic (exact) mass is 787 g/mol. The molecule has 57 heavy (non-hydrogen) atoms. The molecule has 0 saturated carbocycles. The number of halogens is 6. The van der Waals surface area contributed by atoms with Gasteiger partial charge in [-0.3, -0.25) is 9.80 Å². The molecule has 0 radical (unpaired) electrons. The number of piperazine rings is 1. The Balaban J connectivity index is 0.000000174. The van der Waals surface area contributed by atoms with Crippen molar-refractivity contribution in [3.8, 4) is 45.3 Å². The lowest BCUT2D eigenvalue weighted by Gasteiger charge is -2.32. The molecule has 0 atom stereocenters. The Morgan fingerprint density at radius 2 is 0.965 bits per heavy atom. The number of hydrogen-bond donors (Lipinski definition) is 2. The fraction of sp³-hybridized carbons (Fsp3) is 0.302. The van der Waals surface area contributed by atoms with E-state index >= 15 is 0 Å². The van der Waals surface area contributed by atoms with Gasteiger partial charge in [0.05, 0.1) is 48.1 Å². The van der Waals surface area contributed by atoms with Crippen molar-refractivity contribution in [3.63, 3.8) is 0 Å². The summed E-state index contributed by atoms with van der Waals surface area (Å²) in [7, 11) is 2.14. The molecule has 4 heterocycles. The van der Waals surface area contributed by atoms with E-state index in [1.54, 1.807) is 24.5 Å². The third-order valence-electron chi connectivity index (χ3n) is 10.1. The second kappa shape index (κ2) is 17.5. The van der Waals surface area contributed by atoms with Crippen molar-refractivity contribution in [1.29, 1.82) is 0 Å². The number of imidazole rings is 2.